The first-order valence-corrected chi connectivity index (χ1v) is 20.5. The molecule has 278 valence electrons. The second-order valence-electron chi connectivity index (χ2n) is 15.8. The lowest BCUT2D eigenvalue weighted by Crippen LogP contribution is -1.96. The van der Waals surface area contributed by atoms with E-state index in [4.69, 9.17) is 9.97 Å². The van der Waals surface area contributed by atoms with E-state index >= 15 is 0 Å². The van der Waals surface area contributed by atoms with Crippen molar-refractivity contribution in [3.63, 3.8) is 0 Å². The van der Waals surface area contributed by atoms with Gasteiger partial charge in [-0.2, -0.15) is 0 Å². The zero-order valence-electron chi connectivity index (χ0n) is 32.4. The average molecular weight is 763 g/mol. The van der Waals surface area contributed by atoms with E-state index in [9.17, 15) is 0 Å². The van der Waals surface area contributed by atoms with Crippen LogP contribution in [0.4, 0.5) is 0 Å². The Balaban J connectivity index is 0.968. The molecule has 3 heterocycles. The lowest BCUT2D eigenvalue weighted by Gasteiger charge is -2.12. The highest BCUT2D eigenvalue weighted by Gasteiger charge is 2.18. The molecule has 4 heteroatoms. The van der Waals surface area contributed by atoms with Crippen LogP contribution in [0, 0.1) is 0 Å². The zero-order chi connectivity index (χ0) is 39.3. The van der Waals surface area contributed by atoms with Crippen molar-refractivity contribution in [2.24, 2.45) is 0 Å². The van der Waals surface area contributed by atoms with Crippen LogP contribution in [-0.4, -0.2) is 19.1 Å². The number of rotatable bonds is 4. The van der Waals surface area contributed by atoms with Gasteiger partial charge in [0.2, 0.25) is 0 Å². The van der Waals surface area contributed by atoms with Gasteiger partial charge in [0, 0.05) is 49.4 Å². The largest absolute Gasteiger partial charge is 0.309 e. The molecule has 0 atom stereocenters. The van der Waals surface area contributed by atoms with Crippen LogP contribution >= 0.6 is 0 Å². The van der Waals surface area contributed by atoms with E-state index < -0.39 is 0 Å². The van der Waals surface area contributed by atoms with Crippen molar-refractivity contribution in [2.45, 2.75) is 0 Å². The molecular formula is C56H34N4. The molecule has 0 aliphatic heterocycles. The summed E-state index contributed by atoms with van der Waals surface area (Å²) in [5.74, 6) is 0.719. The lowest BCUT2D eigenvalue weighted by molar-refractivity contribution is 1.17. The second kappa shape index (κ2) is 12.7. The Morgan fingerprint density at radius 2 is 0.783 bits per heavy atom. The summed E-state index contributed by atoms with van der Waals surface area (Å²) in [6, 6.07) is 74.6. The summed E-state index contributed by atoms with van der Waals surface area (Å²) in [5.41, 5.74) is 11.0. The van der Waals surface area contributed by atoms with Crippen molar-refractivity contribution in [2.75, 3.05) is 0 Å². The molecule has 0 spiro atoms. The van der Waals surface area contributed by atoms with Crippen molar-refractivity contribution in [1.29, 1.82) is 0 Å². The number of aromatic nitrogens is 4. The first kappa shape index (κ1) is 32.9. The summed E-state index contributed by atoms with van der Waals surface area (Å²) in [5, 5.41) is 13.2. The minimum atomic E-state index is 0.719. The standard InChI is InChI=1S/C56H34N4/c1-2-12-36-29-41(23-21-35(36)11-1)55-47-17-5-8-18-50(47)57-56(58-55)42-24-22-40-31-43(26-25-39(40)30-42)60-53-28-27-44(34-49(53)48-32-37-13-3-4-14-38(37)33-54(48)60)59-51-19-9-6-15-45(51)46-16-7-10-20-52(46)59/h1-34H. The fourth-order valence-corrected chi connectivity index (χ4v) is 9.59. The summed E-state index contributed by atoms with van der Waals surface area (Å²) in [6.45, 7) is 0. The fourth-order valence-electron chi connectivity index (χ4n) is 9.59. The van der Waals surface area contributed by atoms with Crippen LogP contribution in [0.2, 0.25) is 0 Å². The van der Waals surface area contributed by atoms with Crippen molar-refractivity contribution in [3.05, 3.63) is 206 Å². The molecule has 3 aromatic heterocycles. The summed E-state index contributed by atoms with van der Waals surface area (Å²) < 4.78 is 4.84. The summed E-state index contributed by atoms with van der Waals surface area (Å²) >= 11 is 0. The Morgan fingerprint density at radius 3 is 1.58 bits per heavy atom. The van der Waals surface area contributed by atoms with Crippen molar-refractivity contribution < 1.29 is 0 Å². The van der Waals surface area contributed by atoms with E-state index in [1.165, 1.54) is 65.2 Å². The number of benzene rings is 10. The molecular weight excluding hydrogens is 729 g/mol. The first-order valence-electron chi connectivity index (χ1n) is 20.5. The van der Waals surface area contributed by atoms with Gasteiger partial charge < -0.3 is 9.13 Å². The number of hydrogen-bond acceptors (Lipinski definition) is 2. The van der Waals surface area contributed by atoms with Gasteiger partial charge in [-0.3, -0.25) is 0 Å². The normalized spacial score (nSPS) is 12.0. The molecule has 0 saturated heterocycles. The third kappa shape index (κ3) is 4.98. The molecule has 10 aromatic carbocycles. The van der Waals surface area contributed by atoms with Gasteiger partial charge in [0.15, 0.2) is 5.82 Å². The van der Waals surface area contributed by atoms with Gasteiger partial charge in [-0.1, -0.05) is 133 Å². The highest BCUT2D eigenvalue weighted by Crippen LogP contribution is 2.39. The molecule has 0 amide bonds. The highest BCUT2D eigenvalue weighted by molar-refractivity contribution is 6.15. The first-order chi connectivity index (χ1) is 29.7. The van der Waals surface area contributed by atoms with Crippen LogP contribution in [0.15, 0.2) is 206 Å². The Hall–Kier alpha value is -8.08. The molecule has 0 aliphatic carbocycles. The van der Waals surface area contributed by atoms with Crippen LogP contribution < -0.4 is 0 Å². The minimum Gasteiger partial charge on any atom is -0.309 e. The SMILES string of the molecule is c1ccc2cc(-c3nc(-c4ccc5cc(-n6c7ccc(-n8c9ccccc9c9ccccc98)cc7c7cc8ccccc8cc76)ccc5c4)nc4ccccc34)ccc2c1. The van der Waals surface area contributed by atoms with Crippen LogP contribution in [0.5, 0.6) is 0 Å². The molecule has 60 heavy (non-hydrogen) atoms. The van der Waals surface area contributed by atoms with E-state index in [0.717, 1.165) is 55.7 Å². The van der Waals surface area contributed by atoms with E-state index in [1.54, 1.807) is 0 Å². The lowest BCUT2D eigenvalue weighted by atomic mass is 10.0. The average Bonchev–Trinajstić information content (AvgIpc) is 3.81. The van der Waals surface area contributed by atoms with Gasteiger partial charge in [0.05, 0.1) is 33.3 Å². The predicted molar refractivity (Wildman–Crippen MR) is 252 cm³/mol. The summed E-state index contributed by atoms with van der Waals surface area (Å²) in [6.07, 6.45) is 0. The van der Waals surface area contributed by atoms with Gasteiger partial charge in [0.25, 0.3) is 0 Å². The monoisotopic (exact) mass is 762 g/mol. The summed E-state index contributed by atoms with van der Waals surface area (Å²) in [7, 11) is 0. The van der Waals surface area contributed by atoms with Crippen LogP contribution in [0.1, 0.15) is 0 Å². The number of nitrogens with zero attached hydrogens (tertiary/aromatic N) is 4. The maximum absolute atomic E-state index is 5.25. The van der Waals surface area contributed by atoms with Gasteiger partial charge in [-0.15, -0.1) is 0 Å². The van der Waals surface area contributed by atoms with Crippen LogP contribution in [-0.2, 0) is 0 Å². The second-order valence-corrected chi connectivity index (χ2v) is 15.8. The molecule has 0 fully saturated rings. The van der Waals surface area contributed by atoms with Gasteiger partial charge >= 0.3 is 0 Å². The van der Waals surface area contributed by atoms with E-state index in [0.29, 0.717) is 0 Å². The molecule has 4 nitrogen and oxygen atoms in total. The van der Waals surface area contributed by atoms with E-state index in [1.807, 2.05) is 6.07 Å². The molecule has 0 aliphatic rings. The van der Waals surface area contributed by atoms with Gasteiger partial charge in [-0.05, 0) is 105 Å². The smallest absolute Gasteiger partial charge is 0.160 e. The third-order valence-electron chi connectivity index (χ3n) is 12.4. The predicted octanol–water partition coefficient (Wildman–Crippen LogP) is 14.6. The molecule has 0 radical (unpaired) electrons. The molecule has 0 N–H and O–H groups in total. The topological polar surface area (TPSA) is 35.6 Å². The van der Waals surface area contributed by atoms with Crippen molar-refractivity contribution >= 4 is 86.8 Å². The minimum absolute atomic E-state index is 0.719. The number of fused-ring (bicyclic) bond motifs is 10. The van der Waals surface area contributed by atoms with Crippen LogP contribution in [0.3, 0.4) is 0 Å². The summed E-state index contributed by atoms with van der Waals surface area (Å²) in [4.78, 5) is 10.3. The Morgan fingerprint density at radius 1 is 0.283 bits per heavy atom. The third-order valence-corrected chi connectivity index (χ3v) is 12.4. The molecule has 13 aromatic rings. The Bertz CT molecular complexity index is 3850. The maximum atomic E-state index is 5.25. The molecule has 13 rings (SSSR count). The molecule has 0 saturated carbocycles. The van der Waals surface area contributed by atoms with Gasteiger partial charge in [0.1, 0.15) is 0 Å². The number of para-hydroxylation sites is 3. The molecule has 0 bridgehead atoms. The van der Waals surface area contributed by atoms with Crippen molar-refractivity contribution in [3.8, 4) is 34.0 Å². The fraction of sp³-hybridized carbons (Fsp3) is 0. The van der Waals surface area contributed by atoms with Gasteiger partial charge in [-0.25, -0.2) is 9.97 Å². The zero-order valence-corrected chi connectivity index (χ0v) is 32.4. The van der Waals surface area contributed by atoms with E-state index in [2.05, 4.69) is 209 Å². The Kier molecular flexibility index (Phi) is 6.98. The number of hydrogen-bond donors (Lipinski definition) is 0. The van der Waals surface area contributed by atoms with E-state index in [-0.39, 0.29) is 0 Å². The highest BCUT2D eigenvalue weighted by atomic mass is 15.0. The quantitative estimate of drug-likeness (QED) is 0.179. The van der Waals surface area contributed by atoms with Crippen LogP contribution in [0.25, 0.3) is 121 Å². The molecule has 0 unspecified atom stereocenters. The maximum Gasteiger partial charge on any atom is 0.160 e. The van der Waals surface area contributed by atoms with Crippen molar-refractivity contribution in [1.82, 2.24) is 19.1 Å². The Labute approximate surface area is 344 Å².